The van der Waals surface area contributed by atoms with Crippen LogP contribution < -0.4 is 5.32 Å². The molecule has 1 rings (SSSR count). The van der Waals surface area contributed by atoms with Gasteiger partial charge in [-0.1, -0.05) is 30.3 Å². The summed E-state index contributed by atoms with van der Waals surface area (Å²) in [6.07, 6.45) is 1.90. The van der Waals surface area contributed by atoms with Crippen LogP contribution in [0.3, 0.4) is 0 Å². The van der Waals surface area contributed by atoms with Crippen LogP contribution in [0.2, 0.25) is 0 Å². The zero-order valence-electron chi connectivity index (χ0n) is 11.0. The molecule has 20 heavy (non-hydrogen) atoms. The summed E-state index contributed by atoms with van der Waals surface area (Å²) in [4.78, 5) is 33.4. The van der Waals surface area contributed by atoms with E-state index in [0.29, 0.717) is 0 Å². The number of amides is 2. The van der Waals surface area contributed by atoms with Crippen LogP contribution in [0.1, 0.15) is 12.5 Å². The molecule has 6 heteroatoms. The highest BCUT2D eigenvalue weighted by atomic mass is 16.6. The number of carbonyl (C=O) groups is 3. The van der Waals surface area contributed by atoms with Gasteiger partial charge in [-0.3, -0.25) is 10.1 Å². The summed E-state index contributed by atoms with van der Waals surface area (Å²) < 4.78 is 9.16. The number of imide groups is 1. The van der Waals surface area contributed by atoms with Crippen LogP contribution in [0, 0.1) is 0 Å². The fraction of sp³-hybridized carbons (Fsp3) is 0.214. The highest BCUT2D eigenvalue weighted by Gasteiger charge is 2.09. The number of nitrogens with one attached hydrogen (secondary N) is 1. The van der Waals surface area contributed by atoms with Crippen LogP contribution in [0.25, 0.3) is 6.08 Å². The molecule has 0 aromatic heterocycles. The Morgan fingerprint density at radius 3 is 2.50 bits per heavy atom. The van der Waals surface area contributed by atoms with E-state index in [1.54, 1.807) is 13.0 Å². The van der Waals surface area contributed by atoms with Crippen LogP contribution in [-0.2, 0) is 19.1 Å². The van der Waals surface area contributed by atoms with E-state index in [4.69, 9.17) is 0 Å². The molecule has 106 valence electrons. The first-order valence-corrected chi connectivity index (χ1v) is 5.98. The number of esters is 1. The predicted molar refractivity (Wildman–Crippen MR) is 71.6 cm³/mol. The van der Waals surface area contributed by atoms with Gasteiger partial charge < -0.3 is 9.47 Å². The Morgan fingerprint density at radius 2 is 1.85 bits per heavy atom. The van der Waals surface area contributed by atoms with Gasteiger partial charge in [-0.15, -0.1) is 0 Å². The van der Waals surface area contributed by atoms with E-state index in [1.165, 1.54) is 6.08 Å². The van der Waals surface area contributed by atoms with E-state index in [-0.39, 0.29) is 6.61 Å². The monoisotopic (exact) mass is 277 g/mol. The molecule has 0 saturated carbocycles. The lowest BCUT2D eigenvalue weighted by molar-refractivity contribution is -0.143. The highest BCUT2D eigenvalue weighted by Crippen LogP contribution is 2.00. The molecule has 1 N–H and O–H groups in total. The quantitative estimate of drug-likeness (QED) is 0.651. The summed E-state index contributed by atoms with van der Waals surface area (Å²) in [6, 6.07) is 9.15. The average molecular weight is 277 g/mol. The van der Waals surface area contributed by atoms with Crippen molar-refractivity contribution in [3.05, 3.63) is 42.0 Å². The summed E-state index contributed by atoms with van der Waals surface area (Å²) in [5.41, 5.74) is 0.834. The number of rotatable bonds is 5. The minimum atomic E-state index is -0.867. The van der Waals surface area contributed by atoms with Crippen molar-refractivity contribution in [2.45, 2.75) is 6.92 Å². The molecule has 0 bridgehead atoms. The molecular weight excluding hydrogens is 262 g/mol. The lowest BCUT2D eigenvalue weighted by Crippen LogP contribution is -2.34. The molecule has 0 aliphatic heterocycles. The number of hydrogen-bond acceptors (Lipinski definition) is 5. The van der Waals surface area contributed by atoms with E-state index in [0.717, 1.165) is 5.56 Å². The van der Waals surface area contributed by atoms with Crippen molar-refractivity contribution in [3.8, 4) is 0 Å². The first-order valence-electron chi connectivity index (χ1n) is 5.98. The number of ether oxygens (including phenoxy) is 2. The maximum Gasteiger partial charge on any atom is 0.413 e. The van der Waals surface area contributed by atoms with E-state index in [2.05, 4.69) is 9.47 Å². The van der Waals surface area contributed by atoms with Crippen molar-refractivity contribution in [2.24, 2.45) is 0 Å². The van der Waals surface area contributed by atoms with Crippen molar-refractivity contribution in [1.29, 1.82) is 0 Å². The van der Waals surface area contributed by atoms with E-state index in [9.17, 15) is 14.4 Å². The predicted octanol–water partition coefficient (Wildman–Crippen LogP) is 1.52. The molecule has 0 aliphatic rings. The lowest BCUT2D eigenvalue weighted by Gasteiger charge is -2.03. The van der Waals surface area contributed by atoms with E-state index in [1.807, 2.05) is 35.6 Å². The summed E-state index contributed by atoms with van der Waals surface area (Å²) in [7, 11) is 0. The molecule has 2 amide bonds. The third-order valence-electron chi connectivity index (χ3n) is 2.07. The van der Waals surface area contributed by atoms with Crippen molar-refractivity contribution in [2.75, 3.05) is 13.2 Å². The molecule has 0 aliphatic carbocycles. The molecule has 0 saturated heterocycles. The number of carbonyl (C=O) groups excluding carboxylic acids is 3. The van der Waals surface area contributed by atoms with Gasteiger partial charge in [0.25, 0.3) is 5.91 Å². The van der Waals surface area contributed by atoms with Crippen LogP contribution in [0.15, 0.2) is 36.4 Å². The molecule has 0 fully saturated rings. The zero-order valence-corrected chi connectivity index (χ0v) is 11.0. The van der Waals surface area contributed by atoms with Crippen LogP contribution in [0.5, 0.6) is 0 Å². The topological polar surface area (TPSA) is 81.7 Å². The molecule has 0 radical (unpaired) electrons. The Bertz CT molecular complexity index is 496. The maximum atomic E-state index is 11.3. The first-order chi connectivity index (χ1) is 9.61. The van der Waals surface area contributed by atoms with Gasteiger partial charge in [0.15, 0.2) is 6.61 Å². The van der Waals surface area contributed by atoms with Crippen molar-refractivity contribution < 1.29 is 23.9 Å². The largest absolute Gasteiger partial charge is 0.452 e. The Kier molecular flexibility index (Phi) is 6.53. The molecule has 1 aromatic carbocycles. The van der Waals surface area contributed by atoms with E-state index >= 15 is 0 Å². The second-order valence-corrected chi connectivity index (χ2v) is 3.62. The number of alkyl carbamates (subject to hydrolysis) is 1. The van der Waals surface area contributed by atoms with Crippen molar-refractivity contribution in [3.63, 3.8) is 0 Å². The molecule has 1 aromatic rings. The maximum absolute atomic E-state index is 11.3. The van der Waals surface area contributed by atoms with Crippen LogP contribution >= 0.6 is 0 Å². The Labute approximate surface area is 116 Å². The normalized spacial score (nSPS) is 10.1. The number of hydrogen-bond donors (Lipinski definition) is 1. The van der Waals surface area contributed by atoms with E-state index < -0.39 is 24.6 Å². The minimum absolute atomic E-state index is 0.152. The molecule has 0 heterocycles. The average Bonchev–Trinajstić information content (AvgIpc) is 2.44. The third-order valence-corrected chi connectivity index (χ3v) is 2.07. The van der Waals surface area contributed by atoms with Gasteiger partial charge in [0, 0.05) is 6.08 Å². The molecular formula is C14H15NO5. The molecule has 6 nitrogen and oxygen atoms in total. The van der Waals surface area contributed by atoms with Gasteiger partial charge in [-0.05, 0) is 18.6 Å². The van der Waals surface area contributed by atoms with Gasteiger partial charge >= 0.3 is 12.1 Å². The second-order valence-electron chi connectivity index (χ2n) is 3.62. The molecule has 0 spiro atoms. The van der Waals surface area contributed by atoms with Crippen LogP contribution in [0.4, 0.5) is 4.79 Å². The Balaban J connectivity index is 2.31. The Hall–Kier alpha value is -2.63. The standard InChI is InChI=1S/C14H15NO5/c1-2-19-14(18)15-12(16)10-20-13(17)9-8-11-6-4-3-5-7-11/h3-9H,2,10H2,1H3,(H,15,16,18). The summed E-state index contributed by atoms with van der Waals surface area (Å²) in [6.45, 7) is 1.22. The SMILES string of the molecule is CCOC(=O)NC(=O)COC(=O)C=Cc1ccccc1. The Morgan fingerprint density at radius 1 is 1.15 bits per heavy atom. The van der Waals surface area contributed by atoms with Gasteiger partial charge in [0.1, 0.15) is 0 Å². The zero-order chi connectivity index (χ0) is 14.8. The van der Waals surface area contributed by atoms with Crippen LogP contribution in [-0.4, -0.2) is 31.2 Å². The lowest BCUT2D eigenvalue weighted by atomic mass is 10.2. The summed E-state index contributed by atoms with van der Waals surface area (Å²) >= 11 is 0. The van der Waals surface area contributed by atoms with Gasteiger partial charge in [-0.2, -0.15) is 0 Å². The summed E-state index contributed by atoms with van der Waals surface area (Å²) in [5, 5.41) is 1.91. The van der Waals surface area contributed by atoms with Crippen molar-refractivity contribution in [1.82, 2.24) is 5.32 Å². The molecule has 0 unspecified atom stereocenters. The number of benzene rings is 1. The van der Waals surface area contributed by atoms with Gasteiger partial charge in [0.05, 0.1) is 6.61 Å². The summed E-state index contributed by atoms with van der Waals surface area (Å²) in [5.74, 6) is -1.42. The third kappa shape index (κ3) is 6.34. The fourth-order valence-corrected chi connectivity index (χ4v) is 1.23. The van der Waals surface area contributed by atoms with Crippen molar-refractivity contribution >= 4 is 24.0 Å². The smallest absolute Gasteiger partial charge is 0.413 e. The highest BCUT2D eigenvalue weighted by molar-refractivity contribution is 5.94. The first kappa shape index (κ1) is 15.4. The fourth-order valence-electron chi connectivity index (χ4n) is 1.23. The molecule has 0 atom stereocenters. The minimum Gasteiger partial charge on any atom is -0.452 e. The second kappa shape index (κ2) is 8.47. The van der Waals surface area contributed by atoms with Gasteiger partial charge in [0.2, 0.25) is 0 Å². The van der Waals surface area contributed by atoms with Gasteiger partial charge in [-0.25, -0.2) is 9.59 Å².